The number of hydrogen-bond acceptors (Lipinski definition) is 3. The molecule has 3 atom stereocenters. The molecule has 0 aliphatic carbocycles. The van der Waals surface area contributed by atoms with Crippen molar-refractivity contribution in [3.8, 4) is 0 Å². The first-order valence-electron chi connectivity index (χ1n) is 11.8. The Morgan fingerprint density at radius 1 is 1.00 bits per heavy atom. The molecule has 1 saturated heterocycles. The molecular weight excluding hydrogens is 429 g/mol. The van der Waals surface area contributed by atoms with Crippen LogP contribution in [0.4, 0.5) is 10.1 Å². The summed E-state index contributed by atoms with van der Waals surface area (Å²) in [5, 5.41) is 0. The van der Waals surface area contributed by atoms with Crippen molar-refractivity contribution in [1.82, 2.24) is 0 Å². The van der Waals surface area contributed by atoms with E-state index in [-0.39, 0.29) is 23.7 Å². The molecule has 1 amide bonds. The first-order valence-corrected chi connectivity index (χ1v) is 11.8. The molecule has 0 saturated carbocycles. The van der Waals surface area contributed by atoms with E-state index in [0.29, 0.717) is 12.8 Å². The van der Waals surface area contributed by atoms with E-state index < -0.39 is 12.1 Å². The summed E-state index contributed by atoms with van der Waals surface area (Å²) in [5.41, 5.74) is 5.08. The third-order valence-electron chi connectivity index (χ3n) is 6.55. The second-order valence-corrected chi connectivity index (χ2v) is 8.92. The van der Waals surface area contributed by atoms with Crippen LogP contribution in [0.5, 0.6) is 0 Å². The van der Waals surface area contributed by atoms with Gasteiger partial charge in [0.2, 0.25) is 5.91 Å². The van der Waals surface area contributed by atoms with Gasteiger partial charge in [0.25, 0.3) is 0 Å². The van der Waals surface area contributed by atoms with E-state index in [1.54, 1.807) is 12.1 Å². The zero-order chi connectivity index (χ0) is 24.2. The molecule has 0 bridgehead atoms. The molecule has 5 heteroatoms. The fourth-order valence-corrected chi connectivity index (χ4v) is 4.66. The van der Waals surface area contributed by atoms with Gasteiger partial charge in [-0.05, 0) is 67.1 Å². The van der Waals surface area contributed by atoms with Gasteiger partial charge in [0, 0.05) is 12.6 Å². The number of esters is 1. The lowest BCUT2D eigenvalue weighted by atomic mass is 9.78. The molecule has 3 aromatic carbocycles. The van der Waals surface area contributed by atoms with Crippen LogP contribution in [0.15, 0.2) is 72.8 Å². The van der Waals surface area contributed by atoms with Crippen molar-refractivity contribution in [2.75, 3.05) is 4.90 Å². The molecule has 1 aliphatic heterocycles. The van der Waals surface area contributed by atoms with Crippen molar-refractivity contribution < 1.29 is 18.7 Å². The van der Waals surface area contributed by atoms with Crippen LogP contribution < -0.4 is 4.90 Å². The summed E-state index contributed by atoms with van der Waals surface area (Å²) in [6.07, 6.45) is 1.45. The third kappa shape index (κ3) is 5.04. The smallest absolute Gasteiger partial charge is 0.303 e. The fourth-order valence-electron chi connectivity index (χ4n) is 4.66. The number of rotatable bonds is 8. The van der Waals surface area contributed by atoms with Crippen LogP contribution in [0.1, 0.15) is 61.1 Å². The molecule has 3 unspecified atom stereocenters. The van der Waals surface area contributed by atoms with Crippen LogP contribution >= 0.6 is 0 Å². The summed E-state index contributed by atoms with van der Waals surface area (Å²) < 4.78 is 18.9. The maximum Gasteiger partial charge on any atom is 0.303 e. The number of benzene rings is 3. The van der Waals surface area contributed by atoms with Gasteiger partial charge in [-0.2, -0.15) is 0 Å². The van der Waals surface area contributed by atoms with Crippen molar-refractivity contribution in [1.29, 1.82) is 0 Å². The average Bonchev–Trinajstić information content (AvgIpc) is 2.83. The lowest BCUT2D eigenvalue weighted by Crippen LogP contribution is -2.55. The summed E-state index contributed by atoms with van der Waals surface area (Å²) in [6, 6.07) is 22.3. The maximum atomic E-state index is 13.4. The minimum atomic E-state index is -0.526. The normalized spacial score (nSPS) is 18.4. The van der Waals surface area contributed by atoms with E-state index in [0.717, 1.165) is 28.8 Å². The largest absolute Gasteiger partial charge is 0.458 e. The topological polar surface area (TPSA) is 46.6 Å². The van der Waals surface area contributed by atoms with Gasteiger partial charge in [-0.15, -0.1) is 0 Å². The molecule has 176 valence electrons. The molecule has 3 aromatic rings. The molecule has 1 aliphatic rings. The van der Waals surface area contributed by atoms with Gasteiger partial charge < -0.3 is 9.64 Å². The number of nitrogens with zero attached hydrogens (tertiary/aromatic N) is 1. The SMILES string of the molecule is CCc1ccc(N2C(=O)C(CCC(OC(C)=O)c3ccc(F)cc3)C2c2ccc(C)cc2)cc1. The highest BCUT2D eigenvalue weighted by atomic mass is 19.1. The number of β-lactam (4-membered cyclic amide) rings is 1. The van der Waals surface area contributed by atoms with Crippen molar-refractivity contribution in [3.05, 3.63) is 101 Å². The maximum absolute atomic E-state index is 13.4. The Hall–Kier alpha value is -3.47. The van der Waals surface area contributed by atoms with Gasteiger partial charge in [-0.3, -0.25) is 9.59 Å². The Kier molecular flexibility index (Phi) is 7.11. The zero-order valence-corrected chi connectivity index (χ0v) is 19.8. The fraction of sp³-hybridized carbons (Fsp3) is 0.310. The quantitative estimate of drug-likeness (QED) is 0.286. The Balaban J connectivity index is 1.58. The predicted molar refractivity (Wildman–Crippen MR) is 131 cm³/mol. The highest BCUT2D eigenvalue weighted by Gasteiger charge is 2.48. The monoisotopic (exact) mass is 459 g/mol. The molecule has 0 radical (unpaired) electrons. The lowest BCUT2D eigenvalue weighted by Gasteiger charge is -2.48. The molecule has 0 aromatic heterocycles. The number of halogens is 1. The highest BCUT2D eigenvalue weighted by molar-refractivity contribution is 6.03. The molecule has 1 heterocycles. The molecule has 4 nitrogen and oxygen atoms in total. The van der Waals surface area contributed by atoms with E-state index >= 15 is 0 Å². The number of anilines is 1. The molecule has 0 spiro atoms. The second kappa shape index (κ2) is 10.2. The molecule has 0 N–H and O–H groups in total. The van der Waals surface area contributed by atoms with Crippen LogP contribution in [0.3, 0.4) is 0 Å². The lowest BCUT2D eigenvalue weighted by molar-refractivity contribution is -0.147. The van der Waals surface area contributed by atoms with Crippen molar-refractivity contribution in [3.63, 3.8) is 0 Å². The summed E-state index contributed by atoms with van der Waals surface area (Å²) in [7, 11) is 0. The Labute approximate surface area is 200 Å². The van der Waals surface area contributed by atoms with Crippen molar-refractivity contribution in [2.45, 2.75) is 52.2 Å². The van der Waals surface area contributed by atoms with E-state index in [4.69, 9.17) is 4.74 Å². The minimum Gasteiger partial charge on any atom is -0.458 e. The summed E-state index contributed by atoms with van der Waals surface area (Å²) in [4.78, 5) is 26.9. The summed E-state index contributed by atoms with van der Waals surface area (Å²) in [5.74, 6) is -0.909. The van der Waals surface area contributed by atoms with E-state index in [9.17, 15) is 14.0 Å². The van der Waals surface area contributed by atoms with Gasteiger partial charge in [-0.1, -0.05) is 61.0 Å². The molecular formula is C29H30FNO3. The van der Waals surface area contributed by atoms with Crippen LogP contribution in [0.2, 0.25) is 0 Å². The average molecular weight is 460 g/mol. The number of aryl methyl sites for hydroxylation is 2. The molecule has 4 rings (SSSR count). The second-order valence-electron chi connectivity index (χ2n) is 8.92. The van der Waals surface area contributed by atoms with E-state index in [2.05, 4.69) is 43.3 Å². The van der Waals surface area contributed by atoms with Gasteiger partial charge >= 0.3 is 5.97 Å². The van der Waals surface area contributed by atoms with E-state index in [1.807, 2.05) is 24.0 Å². The van der Waals surface area contributed by atoms with Crippen LogP contribution in [0, 0.1) is 18.7 Å². The Morgan fingerprint density at radius 3 is 2.24 bits per heavy atom. The standard InChI is InChI=1S/C29H30FNO3/c1-4-21-7-15-25(16-8-21)31-28(23-9-5-19(2)6-10-23)26(29(31)33)17-18-27(34-20(3)32)22-11-13-24(30)14-12-22/h5-16,26-28H,4,17-18H2,1-3H3. The number of carbonyl (C=O) groups excluding carboxylic acids is 2. The zero-order valence-electron chi connectivity index (χ0n) is 19.8. The Bertz CT molecular complexity index is 1140. The summed E-state index contributed by atoms with van der Waals surface area (Å²) >= 11 is 0. The predicted octanol–water partition coefficient (Wildman–Crippen LogP) is 6.49. The minimum absolute atomic E-state index is 0.0653. The number of hydrogen-bond donors (Lipinski definition) is 0. The van der Waals surface area contributed by atoms with Gasteiger partial charge in [-0.25, -0.2) is 4.39 Å². The first-order chi connectivity index (χ1) is 16.4. The number of carbonyl (C=O) groups is 2. The van der Waals surface area contributed by atoms with Gasteiger partial charge in [0.15, 0.2) is 0 Å². The van der Waals surface area contributed by atoms with Crippen LogP contribution in [-0.4, -0.2) is 11.9 Å². The molecule has 34 heavy (non-hydrogen) atoms. The van der Waals surface area contributed by atoms with Gasteiger partial charge in [0.05, 0.1) is 12.0 Å². The third-order valence-corrected chi connectivity index (χ3v) is 6.55. The van der Waals surface area contributed by atoms with Crippen LogP contribution in [-0.2, 0) is 20.7 Å². The number of amides is 1. The first kappa shape index (κ1) is 23.7. The number of ether oxygens (including phenoxy) is 1. The highest BCUT2D eigenvalue weighted by Crippen LogP contribution is 2.46. The van der Waals surface area contributed by atoms with Crippen LogP contribution in [0.25, 0.3) is 0 Å². The van der Waals surface area contributed by atoms with Crippen molar-refractivity contribution >= 4 is 17.6 Å². The van der Waals surface area contributed by atoms with Gasteiger partial charge in [0.1, 0.15) is 11.9 Å². The van der Waals surface area contributed by atoms with Crippen molar-refractivity contribution in [2.24, 2.45) is 5.92 Å². The summed E-state index contributed by atoms with van der Waals surface area (Å²) in [6.45, 7) is 5.51. The molecule has 1 fully saturated rings. The van der Waals surface area contributed by atoms with E-state index in [1.165, 1.54) is 24.6 Å². The Morgan fingerprint density at radius 2 is 1.65 bits per heavy atom.